The number of ether oxygens (including phenoxy) is 6. The van der Waals surface area contributed by atoms with Gasteiger partial charge in [0.2, 0.25) is 0 Å². The quantitative estimate of drug-likeness (QED) is 0.0201. The monoisotopic (exact) mass is 1390 g/mol. The van der Waals surface area contributed by atoms with Crippen molar-refractivity contribution in [2.75, 3.05) is 52.0 Å². The number of amides is 1. The van der Waals surface area contributed by atoms with Gasteiger partial charge in [-0.2, -0.15) is 0 Å². The SMILES string of the molecule is CCCCOc1cc2c(cc1OCCCC)C(=Nc1[nH]c(N=C3N=C(N=C4NC(=NC)c5cc(OCCCC)c(OCCCC)cc54)c4cc(OCCCC)c(OCCCC)cc43)c3ccc(NC(=O)/C(C)=C/C=C/C(C)=C/C=C/C=C(C)/C=C/C=C(C)/C=C/C4=C(C)CCCC4(C)C)cc13)N=C2. The highest BCUT2D eigenvalue weighted by Gasteiger charge is 2.32. The molecule has 4 heterocycles. The average Bonchev–Trinajstić information content (AvgIpc) is 1.61. The first kappa shape index (κ1) is 77.3. The maximum Gasteiger partial charge on any atom is 0.251 e. The number of hydrogen-bond acceptors (Lipinski definition) is 11. The minimum Gasteiger partial charge on any atom is -0.490 e. The number of anilines is 1. The van der Waals surface area contributed by atoms with Crippen LogP contribution >= 0.6 is 0 Å². The van der Waals surface area contributed by atoms with Crippen LogP contribution in [0.4, 0.5) is 17.3 Å². The number of benzene rings is 4. The van der Waals surface area contributed by atoms with E-state index < -0.39 is 0 Å². The second-order valence-corrected chi connectivity index (χ2v) is 27.5. The number of hydrogen-bond donors (Lipinski definition) is 3. The molecule has 5 aromatic rings. The first-order chi connectivity index (χ1) is 50.0. The second-order valence-electron chi connectivity index (χ2n) is 27.5. The Labute approximate surface area is 612 Å². The third-order valence-corrected chi connectivity index (χ3v) is 18.4. The minimum absolute atomic E-state index is 0.224. The first-order valence-corrected chi connectivity index (χ1v) is 37.5. The number of carbonyl (C=O) groups is 1. The Morgan fingerprint density at radius 1 is 0.544 bits per heavy atom. The molecule has 4 aliphatic rings. The number of nitrogens with one attached hydrogen (secondary N) is 3. The molecule has 1 aromatic heterocycles. The van der Waals surface area contributed by atoms with E-state index in [0.717, 1.165) is 116 Å². The van der Waals surface area contributed by atoms with E-state index in [9.17, 15) is 4.79 Å². The second kappa shape index (κ2) is 38.4. The van der Waals surface area contributed by atoms with E-state index in [1.54, 1.807) is 14.0 Å². The summed E-state index contributed by atoms with van der Waals surface area (Å²) >= 11 is 0. The van der Waals surface area contributed by atoms with Gasteiger partial charge >= 0.3 is 0 Å². The van der Waals surface area contributed by atoms with Crippen LogP contribution in [0, 0.1) is 5.41 Å². The lowest BCUT2D eigenvalue weighted by Crippen LogP contribution is -2.23. The Morgan fingerprint density at radius 2 is 1.02 bits per heavy atom. The molecule has 544 valence electrons. The molecular weight excluding hydrogens is 1280 g/mol. The fourth-order valence-corrected chi connectivity index (χ4v) is 12.2. The lowest BCUT2D eigenvalue weighted by Gasteiger charge is -2.32. The van der Waals surface area contributed by atoms with Crippen molar-refractivity contribution in [2.45, 2.75) is 186 Å². The Hall–Kier alpha value is -9.83. The maximum atomic E-state index is 14.1. The number of H-pyrrole nitrogens is 1. The molecule has 16 heteroatoms. The number of aliphatic imine (C=N–C) groups is 6. The summed E-state index contributed by atoms with van der Waals surface area (Å²) in [6, 6.07) is 17.6. The summed E-state index contributed by atoms with van der Waals surface area (Å²) < 4.78 is 38.6. The molecule has 0 atom stereocenters. The van der Waals surface area contributed by atoms with E-state index in [1.807, 2.05) is 104 Å². The molecule has 3 N–H and O–H groups in total. The Morgan fingerprint density at radius 3 is 1.56 bits per heavy atom. The zero-order valence-corrected chi connectivity index (χ0v) is 63.6. The van der Waals surface area contributed by atoms with Gasteiger partial charge in [-0.25, -0.2) is 25.0 Å². The largest absolute Gasteiger partial charge is 0.490 e. The molecule has 4 aromatic carbocycles. The standard InChI is InChI=1S/C87H109N9O7/c1-15-21-44-98-73-50-63-57-89-80(66(63)52-74(73)99-45-22-16-2)92-82-67-51-64(90-86(97)62(11)37-30-36-59(8)33-28-27-32-58(7)34-29-35-60(9)39-42-72-61(10)38-31-43-87(72,12)13)40-41-65(67)81(93-82)94-84-70-55-77(102-48-25-19-5)78(103-49-26-20-6)56-71(70)85(96-84)95-83-69-54-76(101-47-24-18-4)75(100-46-23-17-3)53-68(69)79(88-14)91-83/h27-30,32-37,39-42,50-57,93H,15-26,31,38,43-49H2,1-14H3,(H,90,97)(H,88,91,94,95,96)/b28-27+,34-29+,36-30+,42-39+,58-32+,59-33+,60-35+,62-37+,92-80?. The molecule has 0 saturated heterocycles. The van der Waals surface area contributed by atoms with Crippen LogP contribution in [0.2, 0.25) is 0 Å². The highest BCUT2D eigenvalue weighted by molar-refractivity contribution is 6.31. The fourth-order valence-electron chi connectivity index (χ4n) is 12.2. The number of unbranched alkanes of at least 4 members (excludes halogenated alkanes) is 6. The van der Waals surface area contributed by atoms with Crippen LogP contribution in [0.5, 0.6) is 34.5 Å². The molecule has 1 aliphatic carbocycles. The Bertz CT molecular complexity index is 4340. The van der Waals surface area contributed by atoms with Gasteiger partial charge in [0.15, 0.2) is 52.0 Å². The molecule has 1 amide bonds. The van der Waals surface area contributed by atoms with Crippen molar-refractivity contribution in [1.29, 1.82) is 0 Å². The predicted octanol–water partition coefficient (Wildman–Crippen LogP) is 21.5. The topological polar surface area (TPSA) is 186 Å². The van der Waals surface area contributed by atoms with Gasteiger partial charge < -0.3 is 44.0 Å². The van der Waals surface area contributed by atoms with Crippen molar-refractivity contribution in [3.05, 3.63) is 194 Å². The summed E-state index contributed by atoms with van der Waals surface area (Å²) in [7, 11) is 1.76. The van der Waals surface area contributed by atoms with Gasteiger partial charge in [0, 0.05) is 68.7 Å². The number of allylic oxidation sites excluding steroid dienone is 17. The molecule has 0 saturated carbocycles. The molecule has 0 spiro atoms. The van der Waals surface area contributed by atoms with Gasteiger partial charge in [0.1, 0.15) is 23.3 Å². The molecule has 3 aliphatic heterocycles. The number of carbonyl (C=O) groups excluding carboxylic acids is 1. The van der Waals surface area contributed by atoms with Crippen LogP contribution in [0.1, 0.15) is 220 Å². The zero-order chi connectivity index (χ0) is 73.3. The fraction of sp³-hybridized carbons (Fsp3) is 0.414. The van der Waals surface area contributed by atoms with Crippen molar-refractivity contribution in [2.24, 2.45) is 35.4 Å². The number of aromatic nitrogens is 1. The molecule has 0 bridgehead atoms. The van der Waals surface area contributed by atoms with Crippen LogP contribution in [0.3, 0.4) is 0 Å². The summed E-state index contributed by atoms with van der Waals surface area (Å²) in [5.74, 6) is 6.91. The van der Waals surface area contributed by atoms with Crippen molar-refractivity contribution in [3.8, 4) is 34.5 Å². The van der Waals surface area contributed by atoms with E-state index in [1.165, 1.54) is 36.0 Å². The molecule has 103 heavy (non-hydrogen) atoms. The smallest absolute Gasteiger partial charge is 0.251 e. The van der Waals surface area contributed by atoms with E-state index in [4.69, 9.17) is 53.4 Å². The predicted molar refractivity (Wildman–Crippen MR) is 429 cm³/mol. The van der Waals surface area contributed by atoms with Crippen molar-refractivity contribution >= 4 is 69.4 Å². The normalized spacial score (nSPS) is 17.0. The van der Waals surface area contributed by atoms with Crippen molar-refractivity contribution in [3.63, 3.8) is 0 Å². The van der Waals surface area contributed by atoms with Gasteiger partial charge in [0.25, 0.3) is 5.91 Å². The molecule has 0 radical (unpaired) electrons. The summed E-state index contributed by atoms with van der Waals surface area (Å²) in [4.78, 5) is 48.6. The van der Waals surface area contributed by atoms with Gasteiger partial charge in [-0.05, 0) is 158 Å². The summed E-state index contributed by atoms with van der Waals surface area (Å²) in [5.41, 5.74) is 12.4. The summed E-state index contributed by atoms with van der Waals surface area (Å²) in [6.45, 7) is 31.1. The lowest BCUT2D eigenvalue weighted by atomic mass is 9.72. The highest BCUT2D eigenvalue weighted by atomic mass is 16.5. The Kier molecular flexibility index (Phi) is 28.9. The van der Waals surface area contributed by atoms with Gasteiger partial charge in [-0.15, -0.1) is 0 Å². The number of aromatic amines is 1. The summed E-state index contributed by atoms with van der Waals surface area (Å²) in [6.07, 6.45) is 41.6. The summed E-state index contributed by atoms with van der Waals surface area (Å²) in [5, 5.41) is 8.07. The first-order valence-electron chi connectivity index (χ1n) is 37.5. The van der Waals surface area contributed by atoms with Crippen LogP contribution in [-0.2, 0) is 4.79 Å². The molecule has 16 nitrogen and oxygen atoms in total. The Balaban J connectivity index is 1.07. The van der Waals surface area contributed by atoms with E-state index >= 15 is 0 Å². The van der Waals surface area contributed by atoms with Crippen molar-refractivity contribution in [1.82, 2.24) is 10.3 Å². The van der Waals surface area contributed by atoms with Crippen LogP contribution in [0.15, 0.2) is 191 Å². The molecule has 0 unspecified atom stereocenters. The average molecular weight is 1390 g/mol. The van der Waals surface area contributed by atoms with Crippen molar-refractivity contribution < 1.29 is 33.2 Å². The number of rotatable bonds is 36. The van der Waals surface area contributed by atoms with Gasteiger partial charge in [-0.1, -0.05) is 189 Å². The maximum absolute atomic E-state index is 14.1. The highest BCUT2D eigenvalue weighted by Crippen LogP contribution is 2.44. The van der Waals surface area contributed by atoms with Crippen LogP contribution < -0.4 is 39.1 Å². The third-order valence-electron chi connectivity index (χ3n) is 18.4. The van der Waals surface area contributed by atoms with E-state index in [2.05, 4.69) is 133 Å². The molecule has 9 rings (SSSR count). The number of amidine groups is 5. The van der Waals surface area contributed by atoms with Gasteiger partial charge in [-0.3, -0.25) is 9.79 Å². The van der Waals surface area contributed by atoms with E-state index in [0.29, 0.717) is 143 Å². The van der Waals surface area contributed by atoms with Gasteiger partial charge in [0.05, 0.1) is 39.6 Å². The molecular formula is C87H109N9O7. The number of nitrogens with zero attached hydrogens (tertiary/aromatic N) is 6. The molecule has 0 fully saturated rings. The zero-order valence-electron chi connectivity index (χ0n) is 63.6. The van der Waals surface area contributed by atoms with Crippen LogP contribution in [-0.4, -0.2) is 93.0 Å². The number of fused-ring (bicyclic) bond motifs is 4. The van der Waals surface area contributed by atoms with Crippen LogP contribution in [0.25, 0.3) is 10.8 Å². The third kappa shape index (κ3) is 20.9. The lowest BCUT2D eigenvalue weighted by molar-refractivity contribution is -0.112. The minimum atomic E-state index is -0.259. The van der Waals surface area contributed by atoms with E-state index in [-0.39, 0.29) is 11.3 Å².